The van der Waals surface area contributed by atoms with Gasteiger partial charge in [-0.1, -0.05) is 72.8 Å². The molecule has 0 spiro atoms. The summed E-state index contributed by atoms with van der Waals surface area (Å²) in [6.45, 7) is 0. The van der Waals surface area contributed by atoms with Gasteiger partial charge in [-0.05, 0) is 21.9 Å². The maximum absolute atomic E-state index is 8.29. The first-order chi connectivity index (χ1) is 9.88. The third-order valence-corrected chi connectivity index (χ3v) is 2.93. The van der Waals surface area contributed by atoms with Gasteiger partial charge in [-0.2, -0.15) is 19.8 Å². The van der Waals surface area contributed by atoms with Crippen LogP contribution in [-0.4, -0.2) is 8.42 Å². The Kier molecular flexibility index (Phi) is 8.68. The summed E-state index contributed by atoms with van der Waals surface area (Å²) < 4.78 is 16.6. The fourth-order valence-corrected chi connectivity index (χ4v) is 1.94. The van der Waals surface area contributed by atoms with Crippen molar-refractivity contribution < 1.29 is 8.42 Å². The zero-order chi connectivity index (χ0) is 14.5. The lowest BCUT2D eigenvalue weighted by atomic mass is 10.1. The van der Waals surface area contributed by atoms with E-state index >= 15 is 0 Å². The predicted molar refractivity (Wildman–Crippen MR) is 85.1 cm³/mol. The maximum Gasteiger partial charge on any atom is 0.335 e. The van der Waals surface area contributed by atoms with E-state index in [1.54, 1.807) is 11.3 Å². The molecule has 0 aliphatic heterocycles. The van der Waals surface area contributed by atoms with Crippen LogP contribution in [-0.2, 0) is 11.6 Å². The molecule has 1 heterocycles. The molecule has 0 bridgehead atoms. The van der Waals surface area contributed by atoms with Gasteiger partial charge in [0.25, 0.3) is 0 Å². The first-order valence-corrected chi connectivity index (χ1v) is 7.49. The maximum atomic E-state index is 8.29. The van der Waals surface area contributed by atoms with Gasteiger partial charge in [-0.15, -0.1) is 0 Å². The van der Waals surface area contributed by atoms with Crippen molar-refractivity contribution >= 4 is 22.9 Å². The van der Waals surface area contributed by atoms with Gasteiger partial charge < -0.3 is 0 Å². The van der Waals surface area contributed by atoms with E-state index in [9.17, 15) is 0 Å². The first kappa shape index (κ1) is 16.0. The van der Waals surface area contributed by atoms with E-state index < -0.39 is 11.6 Å². The predicted octanol–water partition coefficient (Wildman–Crippen LogP) is 4.43. The molecule has 4 heteroatoms. The van der Waals surface area contributed by atoms with E-state index in [4.69, 9.17) is 8.42 Å². The summed E-state index contributed by atoms with van der Waals surface area (Å²) in [6.07, 6.45) is 0. The van der Waals surface area contributed by atoms with Crippen LogP contribution in [0.25, 0.3) is 11.1 Å². The Labute approximate surface area is 126 Å². The Morgan fingerprint density at radius 2 is 0.950 bits per heavy atom. The van der Waals surface area contributed by atoms with E-state index in [1.807, 2.05) is 35.0 Å². The van der Waals surface area contributed by atoms with Crippen LogP contribution in [0, 0.1) is 0 Å². The molecule has 0 saturated carbocycles. The molecule has 3 rings (SSSR count). The number of hydrogen-bond acceptors (Lipinski definition) is 3. The molecule has 0 radical (unpaired) electrons. The van der Waals surface area contributed by atoms with Crippen LogP contribution in [0.3, 0.4) is 0 Å². The molecule has 102 valence electrons. The third kappa shape index (κ3) is 6.78. The minimum atomic E-state index is -0.750. The first-order valence-electron chi connectivity index (χ1n) is 5.88. The van der Waals surface area contributed by atoms with Gasteiger partial charge in [0, 0.05) is 0 Å². The average molecular weight is 302 g/mol. The van der Waals surface area contributed by atoms with Gasteiger partial charge >= 0.3 is 11.6 Å². The normalized spacial score (nSPS) is 8.40. The second-order valence-electron chi connectivity index (χ2n) is 3.59. The summed E-state index contributed by atoms with van der Waals surface area (Å²) in [5.41, 5.74) is 2.55. The highest BCUT2D eigenvalue weighted by molar-refractivity contribution is 7.51. The average Bonchev–Trinajstić information content (AvgIpc) is 3.10. The number of rotatable bonds is 1. The summed E-state index contributed by atoms with van der Waals surface area (Å²) in [5.74, 6) is 0. The quantitative estimate of drug-likeness (QED) is 0.666. The Bertz CT molecular complexity index is 532. The van der Waals surface area contributed by atoms with E-state index in [2.05, 4.69) is 48.5 Å². The molecule has 2 nitrogen and oxygen atoms in total. The topological polar surface area (TPSA) is 34.1 Å². The summed E-state index contributed by atoms with van der Waals surface area (Å²) in [6, 6.07) is 24.8. The fraction of sp³-hybridized carbons (Fsp3) is 0. The van der Waals surface area contributed by atoms with Crippen molar-refractivity contribution in [2.75, 3.05) is 0 Å². The lowest BCUT2D eigenvalue weighted by Gasteiger charge is -1.98. The third-order valence-electron chi connectivity index (χ3n) is 2.31. The molecule has 1 aromatic heterocycles. The Morgan fingerprint density at radius 1 is 0.600 bits per heavy atom. The molecule has 0 amide bonds. The minimum absolute atomic E-state index is 0.750. The van der Waals surface area contributed by atoms with Gasteiger partial charge in [0.1, 0.15) is 0 Å². The molecule has 0 N–H and O–H groups in total. The lowest BCUT2D eigenvalue weighted by Crippen LogP contribution is -1.73. The van der Waals surface area contributed by atoms with Crippen molar-refractivity contribution in [3.63, 3.8) is 0 Å². The zero-order valence-corrected chi connectivity index (χ0v) is 12.3. The van der Waals surface area contributed by atoms with Gasteiger partial charge in [-0.25, -0.2) is 0 Å². The molecule has 0 saturated heterocycles. The summed E-state index contributed by atoms with van der Waals surface area (Å²) in [7, 11) is 0. The van der Waals surface area contributed by atoms with E-state index in [1.165, 1.54) is 11.1 Å². The highest BCUT2D eigenvalue weighted by atomic mass is 32.1. The number of benzene rings is 2. The van der Waals surface area contributed by atoms with Gasteiger partial charge in [0.2, 0.25) is 0 Å². The molecular weight excluding hydrogens is 288 g/mol. The zero-order valence-electron chi connectivity index (χ0n) is 10.7. The molecule has 0 atom stereocenters. The van der Waals surface area contributed by atoms with Crippen molar-refractivity contribution in [3.8, 4) is 11.1 Å². The van der Waals surface area contributed by atoms with Gasteiger partial charge in [0.15, 0.2) is 0 Å². The number of thiophene rings is 1. The molecule has 2 aromatic carbocycles. The van der Waals surface area contributed by atoms with Crippen molar-refractivity contribution in [2.24, 2.45) is 0 Å². The van der Waals surface area contributed by atoms with Crippen LogP contribution in [0.5, 0.6) is 0 Å². The molecular formula is C16H14O2S2. The van der Waals surface area contributed by atoms with Crippen LogP contribution < -0.4 is 0 Å². The monoisotopic (exact) mass is 302 g/mol. The second kappa shape index (κ2) is 10.8. The Hall–Kier alpha value is -2.04. The van der Waals surface area contributed by atoms with Crippen LogP contribution in [0.4, 0.5) is 0 Å². The molecule has 0 fully saturated rings. The summed E-state index contributed by atoms with van der Waals surface area (Å²) in [4.78, 5) is 0. The highest BCUT2D eigenvalue weighted by Gasteiger charge is 1.91. The minimum Gasteiger partial charge on any atom is -0.168 e. The smallest absolute Gasteiger partial charge is 0.168 e. The van der Waals surface area contributed by atoms with Crippen molar-refractivity contribution in [2.45, 2.75) is 0 Å². The van der Waals surface area contributed by atoms with Crippen molar-refractivity contribution in [1.82, 2.24) is 0 Å². The standard InChI is InChI=1S/C12H10.C4H4S.O2S/c1-3-7-11(8-4-1)12-9-5-2-6-10-12;1-2-4-5-3-1;1-3-2/h1-10H;1-4H;. The lowest BCUT2D eigenvalue weighted by molar-refractivity contribution is 0.630. The SMILES string of the molecule is O=S=O.c1ccc(-c2ccccc2)cc1.c1ccsc1. The van der Waals surface area contributed by atoms with Gasteiger partial charge in [-0.3, -0.25) is 0 Å². The second-order valence-corrected chi connectivity index (χ2v) is 4.55. The van der Waals surface area contributed by atoms with Crippen molar-refractivity contribution in [1.29, 1.82) is 0 Å². The summed E-state index contributed by atoms with van der Waals surface area (Å²) in [5, 5.41) is 4.08. The van der Waals surface area contributed by atoms with Gasteiger partial charge in [0.05, 0.1) is 0 Å². The van der Waals surface area contributed by atoms with E-state index in [-0.39, 0.29) is 0 Å². The Balaban J connectivity index is 0.000000208. The van der Waals surface area contributed by atoms with Crippen LogP contribution in [0.2, 0.25) is 0 Å². The summed E-state index contributed by atoms with van der Waals surface area (Å²) >= 11 is 0.963. The fourth-order valence-electron chi connectivity index (χ4n) is 1.49. The van der Waals surface area contributed by atoms with Crippen LogP contribution >= 0.6 is 11.3 Å². The molecule has 20 heavy (non-hydrogen) atoms. The molecule has 0 aliphatic rings. The highest BCUT2D eigenvalue weighted by Crippen LogP contribution is 2.17. The Morgan fingerprint density at radius 3 is 1.20 bits per heavy atom. The van der Waals surface area contributed by atoms with E-state index in [0.29, 0.717) is 0 Å². The molecule has 3 aromatic rings. The van der Waals surface area contributed by atoms with E-state index in [0.717, 1.165) is 0 Å². The number of hydrogen-bond donors (Lipinski definition) is 0. The largest absolute Gasteiger partial charge is 0.335 e. The van der Waals surface area contributed by atoms with Crippen LogP contribution in [0.15, 0.2) is 83.6 Å². The van der Waals surface area contributed by atoms with Crippen LogP contribution in [0.1, 0.15) is 0 Å². The molecule has 0 aliphatic carbocycles. The van der Waals surface area contributed by atoms with Crippen molar-refractivity contribution in [3.05, 3.63) is 83.6 Å². The molecule has 0 unspecified atom stereocenters.